The Morgan fingerprint density at radius 2 is 1.54 bits per heavy atom. The molecule has 28 heavy (non-hydrogen) atoms. The molecule has 3 aromatic rings. The number of hydrogen-bond donors (Lipinski definition) is 0. The number of halogens is 1. The first kappa shape index (κ1) is 18.2. The molecule has 0 bridgehead atoms. The van der Waals surface area contributed by atoms with Gasteiger partial charge < -0.3 is 4.74 Å². The van der Waals surface area contributed by atoms with Crippen molar-refractivity contribution < 1.29 is 19.1 Å². The number of benzene rings is 3. The molecule has 0 atom stereocenters. The Kier molecular flexibility index (Phi) is 4.84. The highest BCUT2D eigenvalue weighted by molar-refractivity contribution is 6.32. The lowest BCUT2D eigenvalue weighted by Gasteiger charge is -2.27. The lowest BCUT2D eigenvalue weighted by atomic mass is 9.94. The van der Waals surface area contributed by atoms with Gasteiger partial charge in [0.15, 0.2) is 0 Å². The maximum Gasteiger partial charge on any atom is 0.311 e. The van der Waals surface area contributed by atoms with Crippen LogP contribution in [0.25, 0.3) is 10.8 Å². The van der Waals surface area contributed by atoms with Crippen molar-refractivity contribution in [3.8, 4) is 5.75 Å². The van der Waals surface area contributed by atoms with Crippen LogP contribution in [-0.4, -0.2) is 29.2 Å². The van der Waals surface area contributed by atoms with Crippen LogP contribution in [0.3, 0.4) is 0 Å². The first-order valence-corrected chi connectivity index (χ1v) is 9.27. The van der Waals surface area contributed by atoms with E-state index in [-0.39, 0.29) is 24.8 Å². The van der Waals surface area contributed by atoms with E-state index in [1.54, 1.807) is 48.5 Å². The number of imide groups is 1. The molecule has 5 nitrogen and oxygen atoms in total. The summed E-state index contributed by atoms with van der Waals surface area (Å²) < 4.78 is 5.23. The summed E-state index contributed by atoms with van der Waals surface area (Å²) in [5.41, 5.74) is 1.01. The molecule has 1 heterocycles. The predicted molar refractivity (Wildman–Crippen MR) is 106 cm³/mol. The van der Waals surface area contributed by atoms with Crippen LogP contribution in [0.15, 0.2) is 60.7 Å². The molecule has 0 aromatic heterocycles. The van der Waals surface area contributed by atoms with Crippen molar-refractivity contribution in [1.29, 1.82) is 0 Å². The van der Waals surface area contributed by atoms with Gasteiger partial charge >= 0.3 is 5.97 Å². The van der Waals surface area contributed by atoms with Crippen molar-refractivity contribution in [2.45, 2.75) is 12.8 Å². The van der Waals surface area contributed by atoms with Gasteiger partial charge in [-0.15, -0.1) is 0 Å². The summed E-state index contributed by atoms with van der Waals surface area (Å²) in [6.07, 6.45) is 0.368. The number of nitrogens with zero attached hydrogens (tertiary/aromatic N) is 1. The van der Waals surface area contributed by atoms with Crippen LogP contribution in [0.2, 0.25) is 5.02 Å². The minimum atomic E-state index is -0.465. The van der Waals surface area contributed by atoms with E-state index < -0.39 is 5.97 Å². The molecule has 4 rings (SSSR count). The molecule has 0 spiro atoms. The molecule has 0 saturated heterocycles. The number of carbonyl (C=O) groups excluding carboxylic acids is 3. The Bertz CT molecular complexity index is 1060. The molecular weight excluding hydrogens is 378 g/mol. The third kappa shape index (κ3) is 3.25. The van der Waals surface area contributed by atoms with Gasteiger partial charge in [-0.1, -0.05) is 48.0 Å². The second-order valence-electron chi connectivity index (χ2n) is 6.48. The van der Waals surface area contributed by atoms with Crippen molar-refractivity contribution in [2.75, 3.05) is 6.54 Å². The molecule has 1 aliphatic rings. The molecule has 0 saturated carbocycles. The Balaban J connectivity index is 1.45. The number of amides is 2. The van der Waals surface area contributed by atoms with E-state index >= 15 is 0 Å². The number of esters is 1. The van der Waals surface area contributed by atoms with Crippen molar-refractivity contribution in [1.82, 2.24) is 4.90 Å². The summed E-state index contributed by atoms with van der Waals surface area (Å²) in [7, 11) is 0. The average Bonchev–Trinajstić information content (AvgIpc) is 2.70. The zero-order valence-electron chi connectivity index (χ0n) is 14.9. The number of ether oxygens (including phenoxy) is 1. The van der Waals surface area contributed by atoms with E-state index in [0.717, 1.165) is 5.39 Å². The number of para-hydroxylation sites is 1. The van der Waals surface area contributed by atoms with E-state index in [1.807, 2.05) is 12.1 Å². The summed E-state index contributed by atoms with van der Waals surface area (Å²) >= 11 is 5.97. The van der Waals surface area contributed by atoms with Crippen molar-refractivity contribution in [3.05, 3.63) is 76.8 Å². The number of carbonyl (C=O) groups is 3. The van der Waals surface area contributed by atoms with Gasteiger partial charge in [0.1, 0.15) is 5.75 Å². The van der Waals surface area contributed by atoms with E-state index in [0.29, 0.717) is 33.7 Å². The Morgan fingerprint density at radius 3 is 2.18 bits per heavy atom. The third-order valence-electron chi connectivity index (χ3n) is 4.68. The monoisotopic (exact) mass is 393 g/mol. The van der Waals surface area contributed by atoms with E-state index in [9.17, 15) is 14.4 Å². The Hall–Kier alpha value is -3.18. The largest absolute Gasteiger partial charge is 0.425 e. The van der Waals surface area contributed by atoms with Gasteiger partial charge in [0.25, 0.3) is 11.8 Å². The molecule has 0 N–H and O–H groups in total. The van der Waals surface area contributed by atoms with Crippen LogP contribution in [0.1, 0.15) is 33.6 Å². The van der Waals surface area contributed by atoms with E-state index in [2.05, 4.69) is 0 Å². The normalized spacial score (nSPS) is 13.1. The fraction of sp³-hybridized carbons (Fsp3) is 0.136. The molecule has 140 valence electrons. The quantitative estimate of drug-likeness (QED) is 0.364. The number of rotatable bonds is 5. The third-order valence-corrected chi connectivity index (χ3v) is 4.99. The maximum absolute atomic E-state index is 12.8. The smallest absolute Gasteiger partial charge is 0.311 e. The first-order chi connectivity index (χ1) is 13.6. The SMILES string of the molecule is O=C(CCCN1C(=O)c2cccc3cccc(c23)C1=O)Oc1ccccc1Cl. The minimum absolute atomic E-state index is 0.0636. The van der Waals surface area contributed by atoms with E-state index in [1.165, 1.54) is 4.90 Å². The summed E-state index contributed by atoms with van der Waals surface area (Å²) in [6, 6.07) is 17.5. The highest BCUT2D eigenvalue weighted by Crippen LogP contribution is 2.30. The Morgan fingerprint density at radius 1 is 0.893 bits per heavy atom. The molecule has 2 amide bonds. The molecule has 0 radical (unpaired) electrons. The highest BCUT2D eigenvalue weighted by atomic mass is 35.5. The summed E-state index contributed by atoms with van der Waals surface area (Å²) in [5.74, 6) is -0.852. The molecular formula is C22H16ClNO4. The molecule has 6 heteroatoms. The zero-order chi connectivity index (χ0) is 19.7. The van der Waals surface area contributed by atoms with Crippen LogP contribution in [-0.2, 0) is 4.79 Å². The topological polar surface area (TPSA) is 63.7 Å². The van der Waals surface area contributed by atoms with Crippen LogP contribution < -0.4 is 4.74 Å². The first-order valence-electron chi connectivity index (χ1n) is 8.89. The van der Waals surface area contributed by atoms with Crippen LogP contribution in [0.4, 0.5) is 0 Å². The lowest BCUT2D eigenvalue weighted by Crippen LogP contribution is -2.41. The highest BCUT2D eigenvalue weighted by Gasteiger charge is 2.32. The van der Waals surface area contributed by atoms with Crippen molar-refractivity contribution in [2.24, 2.45) is 0 Å². The van der Waals surface area contributed by atoms with E-state index in [4.69, 9.17) is 16.3 Å². The predicted octanol–water partition coefficient (Wildman–Crippen LogP) is 4.48. The van der Waals surface area contributed by atoms with Gasteiger partial charge in [0.2, 0.25) is 0 Å². The van der Waals surface area contributed by atoms with Gasteiger partial charge in [-0.05, 0) is 36.1 Å². The zero-order valence-corrected chi connectivity index (χ0v) is 15.6. The Labute approximate surface area is 166 Å². The van der Waals surface area contributed by atoms with Gasteiger partial charge in [-0.25, -0.2) is 0 Å². The second kappa shape index (κ2) is 7.44. The molecule has 0 fully saturated rings. The van der Waals surface area contributed by atoms with Crippen LogP contribution in [0, 0.1) is 0 Å². The molecule has 1 aliphatic heterocycles. The fourth-order valence-corrected chi connectivity index (χ4v) is 3.54. The second-order valence-corrected chi connectivity index (χ2v) is 6.89. The average molecular weight is 394 g/mol. The minimum Gasteiger partial charge on any atom is -0.425 e. The molecule has 0 aliphatic carbocycles. The van der Waals surface area contributed by atoms with Crippen molar-refractivity contribution in [3.63, 3.8) is 0 Å². The summed E-state index contributed by atoms with van der Waals surface area (Å²) in [5, 5.41) is 1.90. The van der Waals surface area contributed by atoms with Gasteiger partial charge in [0.05, 0.1) is 5.02 Å². The van der Waals surface area contributed by atoms with Gasteiger partial charge in [-0.2, -0.15) is 0 Å². The number of hydrogen-bond acceptors (Lipinski definition) is 4. The molecule has 3 aromatic carbocycles. The fourth-order valence-electron chi connectivity index (χ4n) is 3.37. The molecule has 0 unspecified atom stereocenters. The van der Waals surface area contributed by atoms with Gasteiger partial charge in [-0.3, -0.25) is 19.3 Å². The lowest BCUT2D eigenvalue weighted by molar-refractivity contribution is -0.134. The van der Waals surface area contributed by atoms with Crippen LogP contribution >= 0.6 is 11.6 Å². The standard InChI is InChI=1S/C22H16ClNO4/c23-17-10-1-2-11-18(17)28-19(25)12-5-13-24-21(26)15-8-3-6-14-7-4-9-16(20(14)15)22(24)27/h1-4,6-11H,5,12-13H2. The summed E-state index contributed by atoms with van der Waals surface area (Å²) in [6.45, 7) is 0.139. The maximum atomic E-state index is 12.8. The van der Waals surface area contributed by atoms with Crippen LogP contribution in [0.5, 0.6) is 5.75 Å². The summed E-state index contributed by atoms with van der Waals surface area (Å²) in [4.78, 5) is 38.8. The van der Waals surface area contributed by atoms with Gasteiger partial charge in [0, 0.05) is 29.5 Å². The van der Waals surface area contributed by atoms with Crippen molar-refractivity contribution >= 4 is 40.2 Å².